The Hall–Kier alpha value is -4.71. The summed E-state index contributed by atoms with van der Waals surface area (Å²) in [4.78, 5) is 41.1. The van der Waals surface area contributed by atoms with E-state index in [4.69, 9.17) is 0 Å². The summed E-state index contributed by atoms with van der Waals surface area (Å²) in [5.41, 5.74) is 5.10. The third-order valence-electron chi connectivity index (χ3n) is 7.17. The molecule has 40 heavy (non-hydrogen) atoms. The van der Waals surface area contributed by atoms with E-state index in [0.29, 0.717) is 28.9 Å². The first-order valence-electron chi connectivity index (χ1n) is 13.8. The smallest absolute Gasteiger partial charge is 0.256 e. The van der Waals surface area contributed by atoms with Crippen LogP contribution in [0, 0.1) is 0 Å². The molecular formula is C34H33N3O3. The fraction of sp³-hybridized carbons (Fsp3) is 0.206. The number of hydrogen-bond acceptors (Lipinski definition) is 3. The second kappa shape index (κ2) is 12.9. The van der Waals surface area contributed by atoms with E-state index in [2.05, 4.69) is 10.6 Å². The van der Waals surface area contributed by atoms with Crippen LogP contribution in [-0.2, 0) is 17.8 Å². The number of likely N-dealkylation sites (tertiary alicyclic amines) is 1. The van der Waals surface area contributed by atoms with Crippen LogP contribution in [-0.4, -0.2) is 35.7 Å². The fourth-order valence-electron chi connectivity index (χ4n) is 5.04. The Balaban J connectivity index is 1.27. The predicted molar refractivity (Wildman–Crippen MR) is 158 cm³/mol. The minimum Gasteiger partial charge on any atom is -0.352 e. The van der Waals surface area contributed by atoms with Gasteiger partial charge in [-0.1, -0.05) is 78.9 Å². The second-order valence-corrected chi connectivity index (χ2v) is 10.0. The van der Waals surface area contributed by atoms with Crippen molar-refractivity contribution < 1.29 is 14.4 Å². The highest BCUT2D eigenvalue weighted by Gasteiger charge is 2.23. The molecule has 0 aliphatic carbocycles. The largest absolute Gasteiger partial charge is 0.352 e. The van der Waals surface area contributed by atoms with Crippen LogP contribution < -0.4 is 10.6 Å². The Morgan fingerprint density at radius 2 is 1.23 bits per heavy atom. The zero-order valence-electron chi connectivity index (χ0n) is 22.4. The summed E-state index contributed by atoms with van der Waals surface area (Å²) >= 11 is 0. The van der Waals surface area contributed by atoms with Crippen molar-refractivity contribution in [2.75, 3.05) is 18.4 Å². The SMILES string of the molecule is O=C(Cc1ccc(NC(=O)c2ccccc2-c2ccccc2C(=O)N2CCCCC2)cc1)NCc1ccccc1. The Morgan fingerprint density at radius 3 is 1.93 bits per heavy atom. The van der Waals surface area contributed by atoms with E-state index in [0.717, 1.165) is 49.0 Å². The van der Waals surface area contributed by atoms with Crippen molar-refractivity contribution in [1.82, 2.24) is 10.2 Å². The lowest BCUT2D eigenvalue weighted by atomic mass is 9.94. The van der Waals surface area contributed by atoms with Gasteiger partial charge in [-0.2, -0.15) is 0 Å². The summed E-state index contributed by atoms with van der Waals surface area (Å²) in [6.45, 7) is 2.01. The number of carbonyl (C=O) groups excluding carboxylic acids is 3. The first-order valence-corrected chi connectivity index (χ1v) is 13.8. The van der Waals surface area contributed by atoms with Gasteiger partial charge in [0, 0.05) is 36.4 Å². The molecule has 2 N–H and O–H groups in total. The van der Waals surface area contributed by atoms with Gasteiger partial charge in [0.1, 0.15) is 0 Å². The predicted octanol–water partition coefficient (Wildman–Crippen LogP) is 6.09. The van der Waals surface area contributed by atoms with Gasteiger partial charge < -0.3 is 15.5 Å². The lowest BCUT2D eigenvalue weighted by molar-refractivity contribution is -0.120. The molecule has 0 spiro atoms. The fourth-order valence-corrected chi connectivity index (χ4v) is 5.04. The molecule has 4 aromatic carbocycles. The normalized spacial score (nSPS) is 12.9. The van der Waals surface area contributed by atoms with Gasteiger partial charge in [0.2, 0.25) is 5.91 Å². The highest BCUT2D eigenvalue weighted by molar-refractivity contribution is 6.11. The molecule has 1 heterocycles. The molecule has 3 amide bonds. The molecule has 1 saturated heterocycles. The van der Waals surface area contributed by atoms with E-state index in [-0.39, 0.29) is 24.1 Å². The Bertz CT molecular complexity index is 1480. The number of nitrogens with zero attached hydrogens (tertiary/aromatic N) is 1. The van der Waals surface area contributed by atoms with Gasteiger partial charge in [-0.25, -0.2) is 0 Å². The molecule has 0 unspecified atom stereocenters. The summed E-state index contributed by atoms with van der Waals surface area (Å²) in [7, 11) is 0. The molecule has 0 radical (unpaired) electrons. The molecule has 202 valence electrons. The molecule has 1 aliphatic rings. The van der Waals surface area contributed by atoms with E-state index in [1.165, 1.54) is 0 Å². The van der Waals surface area contributed by atoms with Crippen LogP contribution in [0.1, 0.15) is 51.1 Å². The molecule has 0 bridgehead atoms. The van der Waals surface area contributed by atoms with Gasteiger partial charge in [0.05, 0.1) is 6.42 Å². The van der Waals surface area contributed by atoms with Gasteiger partial charge >= 0.3 is 0 Å². The zero-order chi connectivity index (χ0) is 27.7. The quantitative estimate of drug-likeness (QED) is 0.289. The van der Waals surface area contributed by atoms with Crippen LogP contribution >= 0.6 is 0 Å². The topological polar surface area (TPSA) is 78.5 Å². The van der Waals surface area contributed by atoms with Gasteiger partial charge in [0.25, 0.3) is 11.8 Å². The van der Waals surface area contributed by atoms with Gasteiger partial charge in [-0.05, 0) is 65.8 Å². The molecule has 0 aromatic heterocycles. The minimum atomic E-state index is -0.260. The Kier molecular flexibility index (Phi) is 8.66. The number of hydrogen-bond donors (Lipinski definition) is 2. The lowest BCUT2D eigenvalue weighted by Gasteiger charge is -2.27. The van der Waals surface area contributed by atoms with Crippen LogP contribution in [0.25, 0.3) is 11.1 Å². The maximum atomic E-state index is 13.4. The maximum absolute atomic E-state index is 13.4. The first-order chi connectivity index (χ1) is 19.6. The lowest BCUT2D eigenvalue weighted by Crippen LogP contribution is -2.35. The monoisotopic (exact) mass is 531 g/mol. The summed E-state index contributed by atoms with van der Waals surface area (Å²) in [5.74, 6) is -0.314. The number of carbonyl (C=O) groups is 3. The molecular weight excluding hydrogens is 498 g/mol. The van der Waals surface area contributed by atoms with Crippen LogP contribution in [0.5, 0.6) is 0 Å². The molecule has 0 atom stereocenters. The average Bonchev–Trinajstić information content (AvgIpc) is 3.01. The van der Waals surface area contributed by atoms with Crippen molar-refractivity contribution in [2.45, 2.75) is 32.2 Å². The third-order valence-corrected chi connectivity index (χ3v) is 7.17. The summed E-state index contributed by atoms with van der Waals surface area (Å²) in [6.07, 6.45) is 3.44. The van der Waals surface area contributed by atoms with Crippen LogP contribution in [0.2, 0.25) is 0 Å². The van der Waals surface area contributed by atoms with Crippen molar-refractivity contribution >= 4 is 23.4 Å². The number of anilines is 1. The first kappa shape index (κ1) is 26.9. The molecule has 5 rings (SSSR count). The number of benzene rings is 4. The standard InChI is InChI=1S/C34H33N3O3/c38-32(35-24-26-11-3-1-4-12-26)23-25-17-19-27(20-18-25)36-33(39)30-15-7-5-13-28(30)29-14-6-8-16-31(29)34(40)37-21-9-2-10-22-37/h1,3-8,11-20H,2,9-10,21-24H2,(H,35,38)(H,36,39). The van der Waals surface area contributed by atoms with Crippen molar-refractivity contribution in [1.29, 1.82) is 0 Å². The average molecular weight is 532 g/mol. The van der Waals surface area contributed by atoms with Crippen molar-refractivity contribution in [3.8, 4) is 11.1 Å². The summed E-state index contributed by atoms with van der Waals surface area (Å²) in [6, 6.07) is 31.9. The number of nitrogens with one attached hydrogen (secondary N) is 2. The Labute approximate surface area is 235 Å². The van der Waals surface area contributed by atoms with Crippen LogP contribution in [0.4, 0.5) is 5.69 Å². The van der Waals surface area contributed by atoms with Crippen molar-refractivity contribution in [2.24, 2.45) is 0 Å². The number of rotatable bonds is 8. The third kappa shape index (κ3) is 6.64. The van der Waals surface area contributed by atoms with Crippen molar-refractivity contribution in [3.05, 3.63) is 125 Å². The van der Waals surface area contributed by atoms with E-state index >= 15 is 0 Å². The summed E-state index contributed by atoms with van der Waals surface area (Å²) < 4.78 is 0. The second-order valence-electron chi connectivity index (χ2n) is 10.0. The van der Waals surface area contributed by atoms with E-state index in [1.807, 2.05) is 89.8 Å². The Morgan fingerprint density at radius 1 is 0.625 bits per heavy atom. The maximum Gasteiger partial charge on any atom is 0.256 e. The number of piperidine rings is 1. The van der Waals surface area contributed by atoms with E-state index in [9.17, 15) is 14.4 Å². The van der Waals surface area contributed by atoms with Crippen LogP contribution in [0.15, 0.2) is 103 Å². The van der Waals surface area contributed by atoms with Gasteiger partial charge in [-0.3, -0.25) is 14.4 Å². The van der Waals surface area contributed by atoms with Gasteiger partial charge in [-0.15, -0.1) is 0 Å². The van der Waals surface area contributed by atoms with Crippen molar-refractivity contribution in [3.63, 3.8) is 0 Å². The zero-order valence-corrected chi connectivity index (χ0v) is 22.4. The molecule has 6 heteroatoms. The number of amides is 3. The summed E-state index contributed by atoms with van der Waals surface area (Å²) in [5, 5.41) is 5.91. The molecule has 1 fully saturated rings. The molecule has 4 aromatic rings. The van der Waals surface area contributed by atoms with Crippen LogP contribution in [0.3, 0.4) is 0 Å². The molecule has 1 aliphatic heterocycles. The van der Waals surface area contributed by atoms with E-state index < -0.39 is 0 Å². The van der Waals surface area contributed by atoms with Gasteiger partial charge in [0.15, 0.2) is 0 Å². The van der Waals surface area contributed by atoms with E-state index in [1.54, 1.807) is 18.2 Å². The highest BCUT2D eigenvalue weighted by Crippen LogP contribution is 2.29. The molecule has 0 saturated carbocycles. The highest BCUT2D eigenvalue weighted by atomic mass is 16.2. The minimum absolute atomic E-state index is 0.00825. The molecule has 6 nitrogen and oxygen atoms in total.